The van der Waals surface area contributed by atoms with Gasteiger partial charge in [0, 0.05) is 6.08 Å². The van der Waals surface area contributed by atoms with E-state index in [4.69, 9.17) is 9.47 Å². The molecule has 0 aromatic rings. The van der Waals surface area contributed by atoms with Crippen molar-refractivity contribution >= 4 is 5.97 Å². The fourth-order valence-corrected chi connectivity index (χ4v) is 1.39. The fraction of sp³-hybridized carbons (Fsp3) is 0.700. The van der Waals surface area contributed by atoms with Gasteiger partial charge in [0.2, 0.25) is 0 Å². The van der Waals surface area contributed by atoms with E-state index in [2.05, 4.69) is 4.74 Å². The lowest BCUT2D eigenvalue weighted by molar-refractivity contribution is -0.144. The Morgan fingerprint density at radius 1 is 1.53 bits per heavy atom. The van der Waals surface area contributed by atoms with E-state index < -0.39 is 30.6 Å². The molecule has 4 nitrogen and oxygen atoms in total. The van der Waals surface area contributed by atoms with Crippen molar-refractivity contribution in [2.75, 3.05) is 13.8 Å². The molecule has 0 aliphatic carbocycles. The molecular formula is C10H15FO4. The zero-order chi connectivity index (χ0) is 11.5. The number of methoxy groups -OCH3 is 1. The van der Waals surface area contributed by atoms with Gasteiger partial charge in [0.1, 0.15) is 18.9 Å². The van der Waals surface area contributed by atoms with Gasteiger partial charge in [-0.05, 0) is 19.9 Å². The van der Waals surface area contributed by atoms with Gasteiger partial charge in [0.15, 0.2) is 5.79 Å². The number of alkyl halides is 1. The van der Waals surface area contributed by atoms with Crippen LogP contribution in [0, 0.1) is 0 Å². The molecule has 1 aliphatic heterocycles. The first-order valence-corrected chi connectivity index (χ1v) is 4.66. The van der Waals surface area contributed by atoms with Crippen molar-refractivity contribution in [1.29, 1.82) is 0 Å². The lowest BCUT2D eigenvalue weighted by Gasteiger charge is -2.15. The average Bonchev–Trinajstić information content (AvgIpc) is 2.49. The molecule has 1 fully saturated rings. The lowest BCUT2D eigenvalue weighted by atomic mass is 10.2. The Kier molecular flexibility index (Phi) is 3.82. The molecule has 1 saturated heterocycles. The van der Waals surface area contributed by atoms with Crippen LogP contribution < -0.4 is 0 Å². The molecule has 15 heavy (non-hydrogen) atoms. The maximum Gasteiger partial charge on any atom is 0.330 e. The highest BCUT2D eigenvalue weighted by molar-refractivity contribution is 5.81. The van der Waals surface area contributed by atoms with E-state index in [9.17, 15) is 9.18 Å². The average molecular weight is 218 g/mol. The smallest absolute Gasteiger partial charge is 0.330 e. The van der Waals surface area contributed by atoms with Gasteiger partial charge in [0.05, 0.1) is 7.11 Å². The Morgan fingerprint density at radius 2 is 2.20 bits per heavy atom. The predicted octanol–water partition coefficient (Wildman–Crippen LogP) is 1.21. The molecule has 2 atom stereocenters. The second-order valence-electron chi connectivity index (χ2n) is 3.68. The SMILES string of the molecule is COC(=O)/C=C/[C@@H]1OC(C)(C)O[C@H]1CF. The van der Waals surface area contributed by atoms with Crippen LogP contribution in [0.25, 0.3) is 0 Å². The molecule has 1 heterocycles. The molecule has 0 aromatic heterocycles. The third kappa shape index (κ3) is 3.28. The molecule has 0 aromatic carbocycles. The van der Waals surface area contributed by atoms with Crippen LogP contribution in [0.5, 0.6) is 0 Å². The Hall–Kier alpha value is -0.940. The summed E-state index contributed by atoms with van der Waals surface area (Å²) in [5.74, 6) is -1.32. The van der Waals surface area contributed by atoms with Gasteiger partial charge in [-0.1, -0.05) is 0 Å². The Morgan fingerprint density at radius 3 is 2.73 bits per heavy atom. The number of ether oxygens (including phenoxy) is 3. The number of esters is 1. The number of rotatable bonds is 3. The first-order valence-electron chi connectivity index (χ1n) is 4.66. The Bertz CT molecular complexity index is 262. The third-order valence-corrected chi connectivity index (χ3v) is 2.00. The molecule has 1 rings (SSSR count). The molecule has 0 bridgehead atoms. The van der Waals surface area contributed by atoms with E-state index >= 15 is 0 Å². The molecule has 0 spiro atoms. The number of hydrogen-bond donors (Lipinski definition) is 0. The lowest BCUT2D eigenvalue weighted by Crippen LogP contribution is -2.23. The van der Waals surface area contributed by atoms with E-state index in [0.717, 1.165) is 0 Å². The molecular weight excluding hydrogens is 203 g/mol. The highest BCUT2D eigenvalue weighted by Crippen LogP contribution is 2.28. The van der Waals surface area contributed by atoms with Gasteiger partial charge in [-0.3, -0.25) is 0 Å². The molecule has 86 valence electrons. The largest absolute Gasteiger partial charge is 0.466 e. The molecule has 0 saturated carbocycles. The summed E-state index contributed by atoms with van der Waals surface area (Å²) in [6, 6.07) is 0. The number of carbonyl (C=O) groups is 1. The van der Waals surface area contributed by atoms with Gasteiger partial charge in [-0.25, -0.2) is 9.18 Å². The summed E-state index contributed by atoms with van der Waals surface area (Å²) in [7, 11) is 1.27. The zero-order valence-electron chi connectivity index (χ0n) is 9.03. The van der Waals surface area contributed by atoms with Crippen LogP contribution in [0.2, 0.25) is 0 Å². The van der Waals surface area contributed by atoms with Crippen LogP contribution in [0.1, 0.15) is 13.8 Å². The first-order chi connectivity index (χ1) is 6.98. The van der Waals surface area contributed by atoms with Crippen molar-refractivity contribution in [2.24, 2.45) is 0 Å². The van der Waals surface area contributed by atoms with Crippen LogP contribution in [0.3, 0.4) is 0 Å². The molecule has 1 aliphatic rings. The molecule has 0 radical (unpaired) electrons. The second kappa shape index (κ2) is 4.72. The van der Waals surface area contributed by atoms with Gasteiger partial charge in [0.25, 0.3) is 0 Å². The Labute approximate surface area is 88.0 Å². The minimum Gasteiger partial charge on any atom is -0.466 e. The third-order valence-electron chi connectivity index (χ3n) is 2.00. The summed E-state index contributed by atoms with van der Waals surface area (Å²) in [6.07, 6.45) is 1.44. The number of carbonyl (C=O) groups excluding carboxylic acids is 1. The van der Waals surface area contributed by atoms with Crippen LogP contribution in [-0.4, -0.2) is 37.7 Å². The van der Waals surface area contributed by atoms with Gasteiger partial charge < -0.3 is 14.2 Å². The van der Waals surface area contributed by atoms with Gasteiger partial charge in [-0.2, -0.15) is 0 Å². The summed E-state index contributed by atoms with van der Waals surface area (Å²) in [5, 5.41) is 0. The fourth-order valence-electron chi connectivity index (χ4n) is 1.39. The molecule has 0 amide bonds. The zero-order valence-corrected chi connectivity index (χ0v) is 9.03. The van der Waals surface area contributed by atoms with Crippen molar-refractivity contribution in [3.63, 3.8) is 0 Å². The topological polar surface area (TPSA) is 44.8 Å². The summed E-state index contributed by atoms with van der Waals surface area (Å²) in [6.45, 7) is 2.74. The van der Waals surface area contributed by atoms with E-state index in [0.29, 0.717) is 0 Å². The van der Waals surface area contributed by atoms with Gasteiger partial charge in [-0.15, -0.1) is 0 Å². The normalized spacial score (nSPS) is 29.6. The predicted molar refractivity (Wildman–Crippen MR) is 51.0 cm³/mol. The van der Waals surface area contributed by atoms with Crippen molar-refractivity contribution in [3.05, 3.63) is 12.2 Å². The quantitative estimate of drug-likeness (QED) is 0.527. The summed E-state index contributed by atoms with van der Waals surface area (Å²) >= 11 is 0. The highest BCUT2D eigenvalue weighted by atomic mass is 19.1. The van der Waals surface area contributed by atoms with Crippen LogP contribution in [0.15, 0.2) is 12.2 Å². The molecule has 0 N–H and O–H groups in total. The van der Waals surface area contributed by atoms with Crippen LogP contribution in [-0.2, 0) is 19.0 Å². The Balaban J connectivity index is 2.61. The molecule has 5 heteroatoms. The monoisotopic (exact) mass is 218 g/mol. The van der Waals surface area contributed by atoms with Crippen LogP contribution >= 0.6 is 0 Å². The van der Waals surface area contributed by atoms with Crippen LogP contribution in [0.4, 0.5) is 4.39 Å². The highest BCUT2D eigenvalue weighted by Gasteiger charge is 2.39. The van der Waals surface area contributed by atoms with Crippen molar-refractivity contribution in [2.45, 2.75) is 31.8 Å². The van der Waals surface area contributed by atoms with Crippen molar-refractivity contribution < 1.29 is 23.4 Å². The van der Waals surface area contributed by atoms with Crippen molar-refractivity contribution in [3.8, 4) is 0 Å². The van der Waals surface area contributed by atoms with Crippen molar-refractivity contribution in [1.82, 2.24) is 0 Å². The van der Waals surface area contributed by atoms with E-state index in [1.165, 1.54) is 19.3 Å². The first kappa shape index (κ1) is 12.1. The maximum atomic E-state index is 12.5. The van der Waals surface area contributed by atoms with E-state index in [1.54, 1.807) is 13.8 Å². The second-order valence-corrected chi connectivity index (χ2v) is 3.68. The number of hydrogen-bond acceptors (Lipinski definition) is 4. The minimum absolute atomic E-state index is 0.499. The standard InChI is InChI=1S/C10H15FO4/c1-10(2)14-7(8(6-11)15-10)4-5-9(12)13-3/h4-5,7-8H,6H2,1-3H3/b5-4+/t7-,8-/m0/s1. The summed E-state index contributed by atoms with van der Waals surface area (Å²) in [4.78, 5) is 10.8. The van der Waals surface area contributed by atoms with E-state index in [1.807, 2.05) is 0 Å². The summed E-state index contributed by atoms with van der Waals surface area (Å²) in [5.41, 5.74) is 0. The maximum absolute atomic E-state index is 12.5. The van der Waals surface area contributed by atoms with E-state index in [-0.39, 0.29) is 0 Å². The van der Waals surface area contributed by atoms with Gasteiger partial charge >= 0.3 is 5.97 Å². The summed E-state index contributed by atoms with van der Waals surface area (Å²) < 4.78 is 27.6. The minimum atomic E-state index is -0.818. The number of halogens is 1. The molecule has 0 unspecified atom stereocenters.